The lowest BCUT2D eigenvalue weighted by molar-refractivity contribution is -0.143. The first kappa shape index (κ1) is 31.3. The molecule has 0 aromatic heterocycles. The van der Waals surface area contributed by atoms with E-state index in [1.54, 1.807) is 12.1 Å². The lowest BCUT2D eigenvalue weighted by atomic mass is 9.68. The Bertz CT molecular complexity index is 1370. The molecule has 7 nitrogen and oxygen atoms in total. The van der Waals surface area contributed by atoms with E-state index in [2.05, 4.69) is 0 Å². The quantitative estimate of drug-likeness (QED) is 0.204. The maximum Gasteiger partial charge on any atom is 0.234 e. The number of nitrogens with zero attached hydrogens (tertiary/aromatic N) is 1. The third kappa shape index (κ3) is 6.84. The maximum atomic E-state index is 13.9. The van der Waals surface area contributed by atoms with Gasteiger partial charge in [-0.05, 0) is 85.6 Å². The Morgan fingerprint density at radius 3 is 2.51 bits per heavy atom. The van der Waals surface area contributed by atoms with Crippen LogP contribution in [0.3, 0.4) is 0 Å². The largest absolute Gasteiger partial charge is 0.508 e. The van der Waals surface area contributed by atoms with E-state index < -0.39 is 23.9 Å². The van der Waals surface area contributed by atoms with Gasteiger partial charge in [-0.15, -0.1) is 0 Å². The number of halogens is 1. The average molecular weight is 608 g/mol. The molecule has 43 heavy (non-hydrogen) atoms. The second-order valence-corrected chi connectivity index (χ2v) is 12.4. The number of rotatable bonds is 11. The summed E-state index contributed by atoms with van der Waals surface area (Å²) in [5.74, 6) is -1.47. The minimum atomic E-state index is -0.927. The molecule has 1 heterocycles. The fourth-order valence-electron chi connectivity index (χ4n) is 7.18. The molecule has 2 aromatic carbocycles. The van der Waals surface area contributed by atoms with Gasteiger partial charge in [-0.3, -0.25) is 14.5 Å². The number of phenols is 1. The van der Waals surface area contributed by atoms with Gasteiger partial charge in [-0.1, -0.05) is 67.6 Å². The van der Waals surface area contributed by atoms with Gasteiger partial charge in [0.1, 0.15) is 18.1 Å². The summed E-state index contributed by atoms with van der Waals surface area (Å²) in [6.07, 6.45) is 7.83. The highest BCUT2D eigenvalue weighted by Gasteiger charge is 2.56. The molecule has 2 amide bonds. The van der Waals surface area contributed by atoms with Crippen molar-refractivity contribution in [2.24, 2.45) is 17.8 Å². The Labute approximate surface area is 258 Å². The Kier molecular flexibility index (Phi) is 10.3. The predicted molar refractivity (Wildman–Crippen MR) is 166 cm³/mol. The highest BCUT2D eigenvalue weighted by molar-refractivity contribution is 6.32. The maximum absolute atomic E-state index is 13.9. The van der Waals surface area contributed by atoms with Crippen molar-refractivity contribution in [3.63, 3.8) is 0 Å². The molecule has 1 saturated carbocycles. The molecule has 2 aromatic rings. The molecule has 8 heteroatoms. The molecule has 0 spiro atoms. The van der Waals surface area contributed by atoms with Gasteiger partial charge in [0.25, 0.3) is 0 Å². The summed E-state index contributed by atoms with van der Waals surface area (Å²) >= 11 is 6.34. The minimum absolute atomic E-state index is 0.0833. The number of hydrogen-bond acceptors (Lipinski definition) is 6. The molecule has 0 unspecified atom stereocenters. The summed E-state index contributed by atoms with van der Waals surface area (Å²) in [5.41, 5.74) is 3.27. The fourth-order valence-corrected chi connectivity index (χ4v) is 7.41. The Hall–Kier alpha value is -3.13. The van der Waals surface area contributed by atoms with Crippen molar-refractivity contribution in [2.75, 3.05) is 13.2 Å². The molecular formula is C35H42ClNO6. The van der Waals surface area contributed by atoms with Crippen molar-refractivity contribution < 1.29 is 29.6 Å². The number of para-hydroxylation sites is 1. The van der Waals surface area contributed by atoms with Crippen LogP contribution in [0.15, 0.2) is 65.3 Å². The van der Waals surface area contributed by atoms with Gasteiger partial charge in [0.15, 0.2) is 0 Å². The monoisotopic (exact) mass is 607 g/mol. The van der Waals surface area contributed by atoms with E-state index in [9.17, 15) is 24.9 Å². The molecule has 4 atom stereocenters. The van der Waals surface area contributed by atoms with E-state index in [4.69, 9.17) is 16.3 Å². The summed E-state index contributed by atoms with van der Waals surface area (Å²) in [7, 11) is 0. The first-order chi connectivity index (χ1) is 20.8. The normalized spacial score (nSPS) is 24.0. The zero-order valence-electron chi connectivity index (χ0n) is 24.8. The number of carbonyl (C=O) groups excluding carboxylic acids is 2. The molecule has 2 fully saturated rings. The minimum Gasteiger partial charge on any atom is -0.508 e. The van der Waals surface area contributed by atoms with E-state index >= 15 is 0 Å². The smallest absolute Gasteiger partial charge is 0.234 e. The van der Waals surface area contributed by atoms with Crippen LogP contribution in [-0.2, 0) is 9.59 Å². The molecule has 5 rings (SSSR count). The third-order valence-electron chi connectivity index (χ3n) is 9.41. The summed E-state index contributed by atoms with van der Waals surface area (Å²) in [6.45, 7) is 1.87. The van der Waals surface area contributed by atoms with Gasteiger partial charge in [0.2, 0.25) is 11.8 Å². The van der Waals surface area contributed by atoms with Crippen molar-refractivity contribution in [1.29, 1.82) is 0 Å². The number of aliphatic hydroxyl groups is 2. The molecule has 3 aliphatic rings. The SMILES string of the molecule is CC/C(=C\c1ccc(O)cc1Cl)CC[C@@H](O)C1=C(COc2ccccc2)C[C@H]2C(=O)N(C3CCCCC3)C(=O)[C@H]2[C@H]1CO. The Morgan fingerprint density at radius 1 is 1.09 bits per heavy atom. The lowest BCUT2D eigenvalue weighted by Crippen LogP contribution is -2.42. The summed E-state index contributed by atoms with van der Waals surface area (Å²) < 4.78 is 6.11. The number of likely N-dealkylation sites (tertiary alicyclic amines) is 1. The Balaban J connectivity index is 1.42. The van der Waals surface area contributed by atoms with Gasteiger partial charge in [-0.2, -0.15) is 0 Å². The van der Waals surface area contributed by atoms with Gasteiger partial charge in [0.05, 0.1) is 29.6 Å². The number of aliphatic hydroxyl groups excluding tert-OH is 2. The number of allylic oxidation sites excluding steroid dienone is 1. The molecule has 0 radical (unpaired) electrons. The van der Waals surface area contributed by atoms with Crippen molar-refractivity contribution in [2.45, 2.75) is 76.9 Å². The first-order valence-corrected chi connectivity index (χ1v) is 15.9. The van der Waals surface area contributed by atoms with Crippen LogP contribution in [0.1, 0.15) is 70.3 Å². The second kappa shape index (κ2) is 14.1. The topological polar surface area (TPSA) is 107 Å². The summed E-state index contributed by atoms with van der Waals surface area (Å²) in [6, 6.07) is 14.1. The third-order valence-corrected chi connectivity index (χ3v) is 9.73. The predicted octanol–water partition coefficient (Wildman–Crippen LogP) is 6.30. The van der Waals surface area contributed by atoms with E-state index in [-0.39, 0.29) is 36.8 Å². The van der Waals surface area contributed by atoms with Crippen molar-refractivity contribution in [1.82, 2.24) is 4.90 Å². The van der Waals surface area contributed by atoms with Gasteiger partial charge >= 0.3 is 0 Å². The molecule has 2 aliphatic carbocycles. The number of hydrogen-bond donors (Lipinski definition) is 3. The number of amides is 2. The highest BCUT2D eigenvalue weighted by atomic mass is 35.5. The molecule has 1 aliphatic heterocycles. The van der Waals surface area contributed by atoms with Crippen LogP contribution in [0.2, 0.25) is 5.02 Å². The standard InChI is InChI=1S/C35H42ClNO6/c1-2-22(17-23-14-15-26(39)19-30(23)36)13-16-31(40)32-24(21-43-27-11-7-4-8-12-27)18-28-33(29(32)20-38)35(42)37(34(28)41)25-9-5-3-6-10-25/h4,7-8,11-12,14-15,17,19,25,28-29,31,33,38-40H,2-3,5-6,9-10,13,16,18,20-21H2,1H3/b22-17+/t28-,29+,31-,33-/m1/s1. The van der Waals surface area contributed by atoms with Crippen LogP contribution in [-0.4, -0.2) is 57.4 Å². The van der Waals surface area contributed by atoms with Crippen molar-refractivity contribution in [3.8, 4) is 11.5 Å². The molecule has 1 saturated heterocycles. The van der Waals surface area contributed by atoms with Crippen LogP contribution < -0.4 is 4.74 Å². The number of phenolic OH excluding ortho intramolecular Hbond substituents is 1. The van der Waals surface area contributed by atoms with Crippen LogP contribution in [0.25, 0.3) is 6.08 Å². The van der Waals surface area contributed by atoms with E-state index in [1.165, 1.54) is 11.0 Å². The number of carbonyl (C=O) groups is 2. The van der Waals surface area contributed by atoms with Gasteiger partial charge in [-0.25, -0.2) is 0 Å². The van der Waals surface area contributed by atoms with E-state index in [1.807, 2.05) is 43.3 Å². The number of imide groups is 1. The number of ether oxygens (including phenoxy) is 1. The average Bonchev–Trinajstić information content (AvgIpc) is 3.27. The zero-order valence-corrected chi connectivity index (χ0v) is 25.5. The van der Waals surface area contributed by atoms with Crippen molar-refractivity contribution >= 4 is 29.5 Å². The zero-order chi connectivity index (χ0) is 30.5. The number of fused-ring (bicyclic) bond motifs is 1. The van der Waals surface area contributed by atoms with Crippen molar-refractivity contribution in [3.05, 3.63) is 75.8 Å². The van der Waals surface area contributed by atoms with Crippen LogP contribution in [0.5, 0.6) is 11.5 Å². The van der Waals surface area contributed by atoms with Crippen LogP contribution in [0.4, 0.5) is 0 Å². The molecule has 230 valence electrons. The molecular weight excluding hydrogens is 566 g/mol. The lowest BCUT2D eigenvalue weighted by Gasteiger charge is -2.36. The summed E-state index contributed by atoms with van der Waals surface area (Å²) in [5, 5.41) is 32.6. The van der Waals surface area contributed by atoms with Crippen LogP contribution in [0, 0.1) is 17.8 Å². The van der Waals surface area contributed by atoms with Gasteiger partial charge < -0.3 is 20.1 Å². The van der Waals surface area contributed by atoms with Gasteiger partial charge in [0, 0.05) is 12.0 Å². The van der Waals surface area contributed by atoms with E-state index in [0.29, 0.717) is 35.6 Å². The van der Waals surface area contributed by atoms with E-state index in [0.717, 1.165) is 55.2 Å². The fraction of sp³-hybridized carbons (Fsp3) is 0.486. The first-order valence-electron chi connectivity index (χ1n) is 15.6. The second-order valence-electron chi connectivity index (χ2n) is 12.0. The Morgan fingerprint density at radius 2 is 1.84 bits per heavy atom. The molecule has 0 bridgehead atoms. The number of aromatic hydroxyl groups is 1. The highest BCUT2D eigenvalue weighted by Crippen LogP contribution is 2.47. The number of benzene rings is 2. The van der Waals surface area contributed by atoms with Crippen LogP contribution >= 0.6 is 11.6 Å². The molecule has 3 N–H and O–H groups in total. The summed E-state index contributed by atoms with van der Waals surface area (Å²) in [4.78, 5) is 29.1.